The highest BCUT2D eigenvalue weighted by Crippen LogP contribution is 2.29. The van der Waals surface area contributed by atoms with Crippen LogP contribution in [-0.2, 0) is 9.53 Å². The summed E-state index contributed by atoms with van der Waals surface area (Å²) in [5.41, 5.74) is -0.231. The molecule has 110 valence electrons. The zero-order chi connectivity index (χ0) is 15.5. The van der Waals surface area contributed by atoms with Crippen molar-refractivity contribution < 1.29 is 19.4 Å². The predicted octanol–water partition coefficient (Wildman–Crippen LogP) is 3.15. The maximum atomic E-state index is 12.0. The molecule has 5 nitrogen and oxygen atoms in total. The first-order valence-electron chi connectivity index (χ1n) is 6.05. The second-order valence-corrected chi connectivity index (χ2v) is 5.79. The van der Waals surface area contributed by atoms with E-state index in [0.29, 0.717) is 11.8 Å². The van der Waals surface area contributed by atoms with Gasteiger partial charge in [-0.3, -0.25) is 4.90 Å². The summed E-state index contributed by atoms with van der Waals surface area (Å²) in [5.74, 6) is -0.0108. The minimum absolute atomic E-state index is 0.0108. The third-order valence-corrected chi connectivity index (χ3v) is 2.86. The zero-order valence-electron chi connectivity index (χ0n) is 11.9. The number of hydrogen-bond donors (Lipinski definition) is 1. The van der Waals surface area contributed by atoms with Gasteiger partial charge in [-0.1, -0.05) is 17.7 Å². The molecular weight excluding hydrogens is 282 g/mol. The first kappa shape index (κ1) is 16.3. The largest absolute Gasteiger partial charge is 0.508 e. The predicted molar refractivity (Wildman–Crippen MR) is 75.9 cm³/mol. The molecule has 0 aliphatic carbocycles. The summed E-state index contributed by atoms with van der Waals surface area (Å²) >= 11 is 5.99. The molecule has 6 heteroatoms. The van der Waals surface area contributed by atoms with Crippen LogP contribution in [-0.4, -0.2) is 35.0 Å². The van der Waals surface area contributed by atoms with Crippen molar-refractivity contribution >= 4 is 24.0 Å². The molecule has 0 spiro atoms. The van der Waals surface area contributed by atoms with Crippen molar-refractivity contribution in [2.75, 3.05) is 7.05 Å². The molecule has 0 saturated carbocycles. The average Bonchev–Trinajstić information content (AvgIpc) is 2.30. The highest BCUT2D eigenvalue weighted by molar-refractivity contribution is 6.31. The second-order valence-electron chi connectivity index (χ2n) is 5.38. The third-order valence-electron chi connectivity index (χ3n) is 2.53. The van der Waals surface area contributed by atoms with Gasteiger partial charge in [0.25, 0.3) is 0 Å². The summed E-state index contributed by atoms with van der Waals surface area (Å²) in [4.78, 5) is 24.4. The second kappa shape index (κ2) is 6.13. The first-order chi connectivity index (χ1) is 9.15. The molecule has 0 radical (unpaired) electrons. The van der Waals surface area contributed by atoms with Crippen LogP contribution in [0.5, 0.6) is 5.75 Å². The van der Waals surface area contributed by atoms with E-state index in [9.17, 15) is 14.7 Å². The third kappa shape index (κ3) is 4.13. The van der Waals surface area contributed by atoms with E-state index in [0.717, 1.165) is 4.90 Å². The Bertz CT molecular complexity index is 510. The van der Waals surface area contributed by atoms with Crippen molar-refractivity contribution in [3.05, 3.63) is 28.8 Å². The van der Waals surface area contributed by atoms with E-state index in [-0.39, 0.29) is 10.8 Å². The molecule has 0 aliphatic heterocycles. The first-order valence-corrected chi connectivity index (χ1v) is 6.43. The standard InChI is InChI=1S/C14H18ClNO4/c1-14(2,3)20-13(19)16(4)12(8-17)10-6-5-9(18)7-11(10)15/h5-8,12,18H,1-4H3. The Hall–Kier alpha value is -1.75. The minimum atomic E-state index is -0.877. The van der Waals surface area contributed by atoms with E-state index < -0.39 is 17.7 Å². The number of hydrogen-bond acceptors (Lipinski definition) is 4. The van der Waals surface area contributed by atoms with Gasteiger partial charge in [-0.25, -0.2) is 4.79 Å². The number of ether oxygens (including phenoxy) is 1. The minimum Gasteiger partial charge on any atom is -0.508 e. The van der Waals surface area contributed by atoms with Crippen molar-refractivity contribution in [1.29, 1.82) is 0 Å². The molecule has 0 aliphatic rings. The highest BCUT2D eigenvalue weighted by atomic mass is 35.5. The van der Waals surface area contributed by atoms with Crippen molar-refractivity contribution in [3.63, 3.8) is 0 Å². The van der Waals surface area contributed by atoms with Gasteiger partial charge in [-0.05, 0) is 32.9 Å². The quantitative estimate of drug-likeness (QED) is 0.871. The van der Waals surface area contributed by atoms with E-state index >= 15 is 0 Å². The zero-order valence-corrected chi connectivity index (χ0v) is 12.6. The number of phenols is 1. The lowest BCUT2D eigenvalue weighted by molar-refractivity contribution is -0.112. The van der Waals surface area contributed by atoms with Crippen LogP contribution in [0.1, 0.15) is 32.4 Å². The monoisotopic (exact) mass is 299 g/mol. The molecular formula is C14H18ClNO4. The summed E-state index contributed by atoms with van der Waals surface area (Å²) in [6.45, 7) is 5.21. The molecule has 20 heavy (non-hydrogen) atoms. The highest BCUT2D eigenvalue weighted by Gasteiger charge is 2.27. The summed E-state index contributed by atoms with van der Waals surface area (Å²) in [6.07, 6.45) is -0.0268. The fraction of sp³-hybridized carbons (Fsp3) is 0.429. The van der Waals surface area contributed by atoms with Crippen LogP contribution in [0, 0.1) is 0 Å². The maximum Gasteiger partial charge on any atom is 0.410 e. The van der Waals surface area contributed by atoms with Gasteiger partial charge in [-0.2, -0.15) is 0 Å². The molecule has 0 fully saturated rings. The van der Waals surface area contributed by atoms with Crippen LogP contribution in [0.25, 0.3) is 0 Å². The van der Waals surface area contributed by atoms with Gasteiger partial charge in [-0.15, -0.1) is 0 Å². The van der Waals surface area contributed by atoms with Gasteiger partial charge in [0, 0.05) is 17.6 Å². The molecule has 0 saturated heterocycles. The number of benzene rings is 1. The molecule has 1 rings (SSSR count). The van der Waals surface area contributed by atoms with Crippen LogP contribution in [0.4, 0.5) is 4.79 Å². The molecule has 0 bridgehead atoms. The summed E-state index contributed by atoms with van der Waals surface area (Å²) in [5, 5.41) is 9.52. The maximum absolute atomic E-state index is 12.0. The molecule has 0 aromatic heterocycles. The van der Waals surface area contributed by atoms with E-state index in [4.69, 9.17) is 16.3 Å². The Labute approximate surface area is 123 Å². The van der Waals surface area contributed by atoms with Crippen LogP contribution in [0.2, 0.25) is 5.02 Å². The number of halogens is 1. The number of aldehydes is 1. The SMILES string of the molecule is CN(C(=O)OC(C)(C)C)C(C=O)c1ccc(O)cc1Cl. The lowest BCUT2D eigenvalue weighted by atomic mass is 10.1. The smallest absolute Gasteiger partial charge is 0.410 e. The van der Waals surface area contributed by atoms with E-state index in [1.54, 1.807) is 20.8 Å². The molecule has 1 N–H and O–H groups in total. The van der Waals surface area contributed by atoms with Crippen LogP contribution in [0.3, 0.4) is 0 Å². The number of rotatable bonds is 3. The van der Waals surface area contributed by atoms with Crippen LogP contribution >= 0.6 is 11.6 Å². The Morgan fingerprint density at radius 3 is 2.50 bits per heavy atom. The van der Waals surface area contributed by atoms with Crippen molar-refractivity contribution in [2.45, 2.75) is 32.4 Å². The summed E-state index contributed by atoms with van der Waals surface area (Å²) in [7, 11) is 1.45. The number of likely N-dealkylation sites (N-methyl/N-ethyl adjacent to an activating group) is 1. The van der Waals surface area contributed by atoms with E-state index in [2.05, 4.69) is 0 Å². The Balaban J connectivity index is 3.01. The van der Waals surface area contributed by atoms with Gasteiger partial charge in [0.1, 0.15) is 23.7 Å². The normalized spacial score (nSPS) is 12.7. The van der Waals surface area contributed by atoms with Gasteiger partial charge in [0.05, 0.1) is 0 Å². The topological polar surface area (TPSA) is 66.8 Å². The molecule has 1 aromatic carbocycles. The average molecular weight is 300 g/mol. The van der Waals surface area contributed by atoms with Crippen molar-refractivity contribution in [3.8, 4) is 5.75 Å². The molecule has 1 atom stereocenters. The van der Waals surface area contributed by atoms with E-state index in [1.807, 2.05) is 0 Å². The number of amides is 1. The number of phenolic OH excluding ortho intramolecular Hbond substituents is 1. The number of aromatic hydroxyl groups is 1. The van der Waals surface area contributed by atoms with Crippen molar-refractivity contribution in [2.24, 2.45) is 0 Å². The summed E-state index contributed by atoms with van der Waals surface area (Å²) in [6, 6.07) is 3.34. The molecule has 1 aromatic rings. The molecule has 1 unspecified atom stereocenters. The number of nitrogens with zero attached hydrogens (tertiary/aromatic N) is 1. The van der Waals surface area contributed by atoms with Crippen LogP contribution in [0.15, 0.2) is 18.2 Å². The summed E-state index contributed by atoms with van der Waals surface area (Å²) < 4.78 is 5.20. The number of carbonyl (C=O) groups excluding carboxylic acids is 2. The Morgan fingerprint density at radius 1 is 1.45 bits per heavy atom. The fourth-order valence-electron chi connectivity index (χ4n) is 1.58. The van der Waals surface area contributed by atoms with Crippen molar-refractivity contribution in [1.82, 2.24) is 4.90 Å². The Morgan fingerprint density at radius 2 is 2.05 bits per heavy atom. The van der Waals surface area contributed by atoms with Gasteiger partial charge in [0.2, 0.25) is 0 Å². The molecule has 0 heterocycles. The van der Waals surface area contributed by atoms with Gasteiger partial charge >= 0.3 is 6.09 Å². The van der Waals surface area contributed by atoms with Gasteiger partial charge < -0.3 is 14.6 Å². The Kier molecular flexibility index (Phi) is 5.00. The number of carbonyl (C=O) groups is 2. The molecule has 1 amide bonds. The lowest BCUT2D eigenvalue weighted by Crippen LogP contribution is -2.37. The fourth-order valence-corrected chi connectivity index (χ4v) is 1.86. The van der Waals surface area contributed by atoms with Gasteiger partial charge in [0.15, 0.2) is 0 Å². The van der Waals surface area contributed by atoms with E-state index in [1.165, 1.54) is 25.2 Å². The van der Waals surface area contributed by atoms with Crippen LogP contribution < -0.4 is 0 Å². The lowest BCUT2D eigenvalue weighted by Gasteiger charge is -2.28.